The third kappa shape index (κ3) is 8.83. The first kappa shape index (κ1) is 23.4. The molecule has 0 radical (unpaired) electrons. The van der Waals surface area contributed by atoms with E-state index >= 15 is 0 Å². The van der Waals surface area contributed by atoms with Crippen LogP contribution < -0.4 is 20.7 Å². The first-order valence-corrected chi connectivity index (χ1v) is 9.35. The highest BCUT2D eigenvalue weighted by Gasteiger charge is 2.24. The van der Waals surface area contributed by atoms with E-state index in [2.05, 4.69) is 20.9 Å². The molecule has 0 spiro atoms. The van der Waals surface area contributed by atoms with Gasteiger partial charge < -0.3 is 30.5 Å². The first-order valence-electron chi connectivity index (χ1n) is 9.35. The number of benzene rings is 1. The fourth-order valence-corrected chi connectivity index (χ4v) is 2.27. The molecule has 0 bridgehead atoms. The second-order valence-corrected chi connectivity index (χ2v) is 8.07. The lowest BCUT2D eigenvalue weighted by atomic mass is 10.1. The van der Waals surface area contributed by atoms with E-state index in [0.717, 1.165) is 5.56 Å². The number of hydrogen-bond acceptors (Lipinski definition) is 5. The lowest BCUT2D eigenvalue weighted by Crippen LogP contribution is -2.54. The maximum Gasteiger partial charge on any atom is 0.408 e. The summed E-state index contributed by atoms with van der Waals surface area (Å²) in [7, 11) is 1.51. The summed E-state index contributed by atoms with van der Waals surface area (Å²) in [5.41, 5.74) is -0.244. The van der Waals surface area contributed by atoms with Gasteiger partial charge in [0.15, 0.2) is 17.5 Å². The van der Waals surface area contributed by atoms with E-state index in [4.69, 9.17) is 9.47 Å². The molecule has 1 aromatic carbocycles. The topological polar surface area (TPSA) is 104 Å². The number of aliphatic imine (C=N–C) groups is 1. The zero-order chi connectivity index (χ0) is 21.4. The number of nitrogens with one attached hydrogen (secondary N) is 3. The van der Waals surface area contributed by atoms with Crippen LogP contribution in [0.4, 0.5) is 4.79 Å². The lowest BCUT2D eigenvalue weighted by Gasteiger charge is -2.29. The van der Waals surface area contributed by atoms with Crippen molar-refractivity contribution in [1.82, 2.24) is 16.0 Å². The summed E-state index contributed by atoms with van der Waals surface area (Å²) in [6.07, 6.45) is -0.463. The summed E-state index contributed by atoms with van der Waals surface area (Å²) in [6, 6.07) is 5.17. The molecule has 0 fully saturated rings. The summed E-state index contributed by atoms with van der Waals surface area (Å²) < 4.78 is 10.4. The Labute approximate surface area is 167 Å². The van der Waals surface area contributed by atoms with Crippen LogP contribution in [0.2, 0.25) is 0 Å². The molecule has 0 aliphatic carbocycles. The Kier molecular flexibility index (Phi) is 8.40. The zero-order valence-corrected chi connectivity index (χ0v) is 18.0. The van der Waals surface area contributed by atoms with Gasteiger partial charge in [-0.05, 0) is 59.2 Å². The third-order valence-corrected chi connectivity index (χ3v) is 3.54. The molecule has 0 atom stereocenters. The quantitative estimate of drug-likeness (QED) is 0.419. The SMILES string of the molecule is CCNC(=NCc1ccc(OC)c(O)c1)NCC(C)(C)NC(=O)OC(C)(C)C. The van der Waals surface area contributed by atoms with Crippen molar-refractivity contribution in [3.63, 3.8) is 0 Å². The molecule has 28 heavy (non-hydrogen) atoms. The van der Waals surface area contributed by atoms with Crippen molar-refractivity contribution in [2.75, 3.05) is 20.2 Å². The maximum absolute atomic E-state index is 12.0. The van der Waals surface area contributed by atoms with Crippen LogP contribution in [0.15, 0.2) is 23.2 Å². The van der Waals surface area contributed by atoms with E-state index in [-0.39, 0.29) is 5.75 Å². The fourth-order valence-electron chi connectivity index (χ4n) is 2.27. The molecule has 1 rings (SSSR count). The van der Waals surface area contributed by atoms with Crippen LogP contribution >= 0.6 is 0 Å². The second kappa shape index (κ2) is 10.1. The first-order chi connectivity index (χ1) is 13.0. The highest BCUT2D eigenvalue weighted by atomic mass is 16.6. The maximum atomic E-state index is 12.0. The molecule has 0 saturated carbocycles. The van der Waals surface area contributed by atoms with Crippen molar-refractivity contribution < 1.29 is 19.4 Å². The average molecular weight is 395 g/mol. The number of aromatic hydroxyl groups is 1. The fraction of sp³-hybridized carbons (Fsp3) is 0.600. The van der Waals surface area contributed by atoms with Crippen LogP contribution in [0.1, 0.15) is 47.1 Å². The molecule has 0 aliphatic rings. The number of amides is 1. The van der Waals surface area contributed by atoms with Gasteiger partial charge in [0.1, 0.15) is 5.60 Å². The van der Waals surface area contributed by atoms with Crippen LogP contribution in [0.5, 0.6) is 11.5 Å². The number of carbonyl (C=O) groups excluding carboxylic acids is 1. The van der Waals surface area contributed by atoms with Crippen LogP contribution in [-0.4, -0.2) is 48.5 Å². The van der Waals surface area contributed by atoms with Gasteiger partial charge >= 0.3 is 6.09 Å². The molecule has 1 aromatic rings. The van der Waals surface area contributed by atoms with Gasteiger partial charge in [-0.1, -0.05) is 6.07 Å². The van der Waals surface area contributed by atoms with Crippen molar-refractivity contribution in [1.29, 1.82) is 0 Å². The molecule has 0 aliphatic heterocycles. The predicted molar refractivity (Wildman–Crippen MR) is 111 cm³/mol. The van der Waals surface area contributed by atoms with Crippen molar-refractivity contribution in [3.05, 3.63) is 23.8 Å². The van der Waals surface area contributed by atoms with Crippen LogP contribution in [-0.2, 0) is 11.3 Å². The molecular weight excluding hydrogens is 360 g/mol. The highest BCUT2D eigenvalue weighted by molar-refractivity contribution is 5.80. The summed E-state index contributed by atoms with van der Waals surface area (Å²) >= 11 is 0. The standard InChI is InChI=1S/C20H34N4O4/c1-8-21-17(22-12-14-9-10-16(27-7)15(25)11-14)23-13-20(5,6)24-18(26)28-19(2,3)4/h9-11,25H,8,12-13H2,1-7H3,(H,24,26)(H2,21,22,23). The van der Waals surface area contributed by atoms with E-state index in [1.807, 2.05) is 47.6 Å². The van der Waals surface area contributed by atoms with E-state index in [9.17, 15) is 9.90 Å². The van der Waals surface area contributed by atoms with Crippen molar-refractivity contribution in [3.8, 4) is 11.5 Å². The van der Waals surface area contributed by atoms with Crippen LogP contribution in [0.3, 0.4) is 0 Å². The summed E-state index contributed by atoms with van der Waals surface area (Å²) in [6.45, 7) is 12.8. The lowest BCUT2D eigenvalue weighted by molar-refractivity contribution is 0.0474. The number of phenolic OH excluding ortho intramolecular Hbond substituents is 1. The summed E-state index contributed by atoms with van der Waals surface area (Å²) in [5, 5.41) is 19.1. The minimum Gasteiger partial charge on any atom is -0.504 e. The van der Waals surface area contributed by atoms with Gasteiger partial charge in [-0.3, -0.25) is 0 Å². The Morgan fingerprint density at radius 1 is 1.18 bits per heavy atom. The van der Waals surface area contributed by atoms with Gasteiger partial charge in [0.05, 0.1) is 19.2 Å². The Bertz CT molecular complexity index is 681. The monoisotopic (exact) mass is 394 g/mol. The minimum absolute atomic E-state index is 0.0795. The molecule has 8 nitrogen and oxygen atoms in total. The van der Waals surface area contributed by atoms with Gasteiger partial charge in [-0.25, -0.2) is 9.79 Å². The molecule has 0 heterocycles. The number of ether oxygens (including phenoxy) is 2. The largest absolute Gasteiger partial charge is 0.504 e. The Morgan fingerprint density at radius 3 is 2.39 bits per heavy atom. The van der Waals surface area contributed by atoms with E-state index in [1.54, 1.807) is 12.1 Å². The zero-order valence-electron chi connectivity index (χ0n) is 18.0. The molecule has 158 valence electrons. The highest BCUT2D eigenvalue weighted by Crippen LogP contribution is 2.26. The molecule has 0 aromatic heterocycles. The molecule has 0 saturated heterocycles. The van der Waals surface area contributed by atoms with Gasteiger partial charge in [0.2, 0.25) is 0 Å². The Balaban J connectivity index is 2.69. The number of alkyl carbamates (subject to hydrolysis) is 1. The van der Waals surface area contributed by atoms with Crippen molar-refractivity contribution >= 4 is 12.1 Å². The normalized spacial score (nSPS) is 12.3. The Morgan fingerprint density at radius 2 is 1.86 bits per heavy atom. The summed E-state index contributed by atoms with van der Waals surface area (Å²) in [4.78, 5) is 16.5. The number of carbonyl (C=O) groups is 1. The van der Waals surface area contributed by atoms with Gasteiger partial charge in [0.25, 0.3) is 0 Å². The van der Waals surface area contributed by atoms with E-state index in [0.29, 0.717) is 31.3 Å². The number of methoxy groups -OCH3 is 1. The molecule has 4 N–H and O–H groups in total. The van der Waals surface area contributed by atoms with Crippen molar-refractivity contribution in [2.45, 2.75) is 59.2 Å². The van der Waals surface area contributed by atoms with E-state index < -0.39 is 17.2 Å². The number of guanidine groups is 1. The van der Waals surface area contributed by atoms with Gasteiger partial charge in [-0.2, -0.15) is 0 Å². The molecule has 8 heteroatoms. The third-order valence-electron chi connectivity index (χ3n) is 3.54. The van der Waals surface area contributed by atoms with Gasteiger partial charge in [0, 0.05) is 13.1 Å². The van der Waals surface area contributed by atoms with E-state index in [1.165, 1.54) is 7.11 Å². The number of rotatable bonds is 7. The number of phenols is 1. The summed E-state index contributed by atoms with van der Waals surface area (Å²) in [5.74, 6) is 1.11. The van der Waals surface area contributed by atoms with Crippen LogP contribution in [0, 0.1) is 0 Å². The second-order valence-electron chi connectivity index (χ2n) is 8.07. The Hall–Kier alpha value is -2.64. The smallest absolute Gasteiger partial charge is 0.408 e. The van der Waals surface area contributed by atoms with Crippen LogP contribution in [0.25, 0.3) is 0 Å². The minimum atomic E-state index is -0.548. The number of hydrogen-bond donors (Lipinski definition) is 4. The average Bonchev–Trinajstić information content (AvgIpc) is 2.55. The molecule has 1 amide bonds. The van der Waals surface area contributed by atoms with Gasteiger partial charge in [-0.15, -0.1) is 0 Å². The predicted octanol–water partition coefficient (Wildman–Crippen LogP) is 2.76. The number of nitrogens with zero attached hydrogens (tertiary/aromatic N) is 1. The van der Waals surface area contributed by atoms with Crippen molar-refractivity contribution in [2.24, 2.45) is 4.99 Å². The molecule has 0 unspecified atom stereocenters. The molecular formula is C20H34N4O4.